The first-order valence-electron chi connectivity index (χ1n) is 6.49. The van der Waals surface area contributed by atoms with E-state index in [0.29, 0.717) is 11.1 Å². The van der Waals surface area contributed by atoms with Crippen LogP contribution in [0.4, 0.5) is 0 Å². The molecule has 0 aromatic rings. The average Bonchev–Trinajstić information content (AvgIpc) is 1.98. The predicted octanol–water partition coefficient (Wildman–Crippen LogP) is 3.54. The molecule has 1 aliphatic rings. The molecule has 0 radical (unpaired) electrons. The molecule has 1 aliphatic heterocycles. The number of hydrogen-bond donors (Lipinski definition) is 1. The molecule has 3 heteroatoms. The number of nitrogens with one attached hydrogen (secondary N) is 1. The van der Waals surface area contributed by atoms with Crippen LogP contribution in [0.1, 0.15) is 47.5 Å². The predicted molar refractivity (Wildman–Crippen MR) is 73.4 cm³/mol. The number of piperidine rings is 1. The lowest BCUT2D eigenvalue weighted by molar-refractivity contribution is 0.0280. The summed E-state index contributed by atoms with van der Waals surface area (Å²) >= 11 is 0. The molecule has 0 saturated carbocycles. The van der Waals surface area contributed by atoms with Gasteiger partial charge in [-0.25, -0.2) is 0 Å². The second kappa shape index (κ2) is 4.43. The monoisotopic (exact) mass is 243 g/mol. The maximum Gasteiger partial charge on any atom is 0.192 e. The molecule has 0 aromatic heterocycles. The van der Waals surface area contributed by atoms with Gasteiger partial charge < -0.3 is 9.74 Å². The van der Waals surface area contributed by atoms with E-state index < -0.39 is 8.32 Å². The van der Waals surface area contributed by atoms with Crippen molar-refractivity contribution in [2.45, 2.75) is 77.2 Å². The van der Waals surface area contributed by atoms with Crippen LogP contribution in [0.2, 0.25) is 18.1 Å². The summed E-state index contributed by atoms with van der Waals surface area (Å²) < 4.78 is 6.60. The van der Waals surface area contributed by atoms with Crippen molar-refractivity contribution >= 4 is 8.32 Å². The lowest BCUT2D eigenvalue weighted by Gasteiger charge is -2.47. The topological polar surface area (TPSA) is 21.3 Å². The summed E-state index contributed by atoms with van der Waals surface area (Å²) in [4.78, 5) is 0. The van der Waals surface area contributed by atoms with E-state index in [-0.39, 0.29) is 5.60 Å². The van der Waals surface area contributed by atoms with Crippen LogP contribution in [-0.4, -0.2) is 26.5 Å². The van der Waals surface area contributed by atoms with Gasteiger partial charge in [-0.3, -0.25) is 0 Å². The third-order valence-corrected chi connectivity index (χ3v) is 8.81. The molecule has 1 unspecified atom stereocenters. The van der Waals surface area contributed by atoms with E-state index >= 15 is 0 Å². The molecule has 0 spiro atoms. The molecule has 1 saturated heterocycles. The first kappa shape index (κ1) is 14.2. The SMILES string of the molecule is C[C@@H]1CC(C)(O[Si](C)(C)C(C)(C)C)CCN1. The Balaban J connectivity index is 2.72. The Morgan fingerprint density at radius 2 is 1.88 bits per heavy atom. The molecule has 0 aliphatic carbocycles. The van der Waals surface area contributed by atoms with Gasteiger partial charge in [0, 0.05) is 6.04 Å². The molecular formula is C13H29NOSi. The fourth-order valence-corrected chi connectivity index (χ4v) is 3.99. The Kier molecular flexibility index (Phi) is 3.93. The molecule has 1 fully saturated rings. The van der Waals surface area contributed by atoms with Gasteiger partial charge in [-0.1, -0.05) is 20.8 Å². The zero-order chi connectivity index (χ0) is 12.6. The third-order valence-electron chi connectivity index (χ3n) is 4.19. The molecule has 1 heterocycles. The lowest BCUT2D eigenvalue weighted by atomic mass is 9.90. The normalized spacial score (nSPS) is 32.8. The van der Waals surface area contributed by atoms with E-state index in [0.717, 1.165) is 19.4 Å². The van der Waals surface area contributed by atoms with Gasteiger partial charge in [0.1, 0.15) is 0 Å². The van der Waals surface area contributed by atoms with Crippen molar-refractivity contribution < 1.29 is 4.43 Å². The van der Waals surface area contributed by atoms with Crippen LogP contribution < -0.4 is 5.32 Å². The highest BCUT2D eigenvalue weighted by Gasteiger charge is 2.43. The highest BCUT2D eigenvalue weighted by molar-refractivity contribution is 6.74. The zero-order valence-corrected chi connectivity index (χ0v) is 13.1. The zero-order valence-electron chi connectivity index (χ0n) is 12.1. The summed E-state index contributed by atoms with van der Waals surface area (Å²) in [6.45, 7) is 17.3. The second-order valence-electron chi connectivity index (χ2n) is 7.12. The van der Waals surface area contributed by atoms with Gasteiger partial charge in [0.05, 0.1) is 5.60 Å². The minimum absolute atomic E-state index is 0.0909. The van der Waals surface area contributed by atoms with Gasteiger partial charge in [0.15, 0.2) is 8.32 Å². The van der Waals surface area contributed by atoms with Gasteiger partial charge in [0.2, 0.25) is 0 Å². The summed E-state index contributed by atoms with van der Waals surface area (Å²) in [6.07, 6.45) is 2.28. The number of hydrogen-bond acceptors (Lipinski definition) is 2. The Bertz CT molecular complexity index is 247. The summed E-state index contributed by atoms with van der Waals surface area (Å²) in [6, 6.07) is 0.587. The van der Waals surface area contributed by atoms with Gasteiger partial charge in [-0.15, -0.1) is 0 Å². The van der Waals surface area contributed by atoms with Crippen molar-refractivity contribution in [2.24, 2.45) is 0 Å². The molecule has 0 bridgehead atoms. The maximum absolute atomic E-state index is 6.60. The molecule has 2 atom stereocenters. The van der Waals surface area contributed by atoms with Crippen molar-refractivity contribution in [1.82, 2.24) is 5.32 Å². The molecule has 0 amide bonds. The number of rotatable bonds is 2. The largest absolute Gasteiger partial charge is 0.412 e. The molecule has 96 valence electrons. The van der Waals surface area contributed by atoms with E-state index in [9.17, 15) is 0 Å². The van der Waals surface area contributed by atoms with E-state index in [4.69, 9.17) is 4.43 Å². The smallest absolute Gasteiger partial charge is 0.192 e. The van der Waals surface area contributed by atoms with Crippen LogP contribution >= 0.6 is 0 Å². The van der Waals surface area contributed by atoms with Crippen LogP contribution in [0.25, 0.3) is 0 Å². The summed E-state index contributed by atoms with van der Waals surface area (Å²) in [5.41, 5.74) is 0.0909. The molecular weight excluding hydrogens is 214 g/mol. The maximum atomic E-state index is 6.60. The lowest BCUT2D eigenvalue weighted by Crippen LogP contribution is -2.54. The fraction of sp³-hybridized carbons (Fsp3) is 1.00. The summed E-state index contributed by atoms with van der Waals surface area (Å²) in [5.74, 6) is 0. The molecule has 16 heavy (non-hydrogen) atoms. The van der Waals surface area contributed by atoms with E-state index in [1.807, 2.05) is 0 Å². The van der Waals surface area contributed by atoms with Crippen molar-refractivity contribution in [3.8, 4) is 0 Å². The van der Waals surface area contributed by atoms with Gasteiger partial charge >= 0.3 is 0 Å². The van der Waals surface area contributed by atoms with Gasteiger partial charge in [0.25, 0.3) is 0 Å². The molecule has 2 nitrogen and oxygen atoms in total. The van der Waals surface area contributed by atoms with E-state index in [1.54, 1.807) is 0 Å². The second-order valence-corrected chi connectivity index (χ2v) is 11.8. The van der Waals surface area contributed by atoms with Crippen LogP contribution in [0.3, 0.4) is 0 Å². The highest BCUT2D eigenvalue weighted by Crippen LogP contribution is 2.41. The standard InChI is InChI=1S/C13H29NOSi/c1-11-10-13(5,8-9-14-11)15-16(6,7)12(2,3)4/h11,14H,8-10H2,1-7H3/t11-,13?/m1/s1. The van der Waals surface area contributed by atoms with Crippen LogP contribution in [0, 0.1) is 0 Å². The molecule has 0 aromatic carbocycles. The van der Waals surface area contributed by atoms with Crippen LogP contribution in [0.15, 0.2) is 0 Å². The quantitative estimate of drug-likeness (QED) is 0.749. The Morgan fingerprint density at radius 3 is 2.31 bits per heavy atom. The fourth-order valence-electron chi connectivity index (χ4n) is 2.27. The highest BCUT2D eigenvalue weighted by atomic mass is 28.4. The average molecular weight is 243 g/mol. The Labute approximate surface area is 102 Å². The Morgan fingerprint density at radius 1 is 1.31 bits per heavy atom. The van der Waals surface area contributed by atoms with Crippen molar-refractivity contribution in [2.75, 3.05) is 6.54 Å². The molecule has 1 N–H and O–H groups in total. The van der Waals surface area contributed by atoms with Crippen molar-refractivity contribution in [3.63, 3.8) is 0 Å². The van der Waals surface area contributed by atoms with Gasteiger partial charge in [-0.05, 0) is 51.4 Å². The minimum Gasteiger partial charge on any atom is -0.412 e. The minimum atomic E-state index is -1.62. The summed E-state index contributed by atoms with van der Waals surface area (Å²) in [5, 5.41) is 3.81. The van der Waals surface area contributed by atoms with E-state index in [2.05, 4.69) is 53.0 Å². The van der Waals surface area contributed by atoms with Crippen LogP contribution in [0.5, 0.6) is 0 Å². The Hall–Kier alpha value is 0.137. The first-order chi connectivity index (χ1) is 7.06. The van der Waals surface area contributed by atoms with Gasteiger partial charge in [-0.2, -0.15) is 0 Å². The first-order valence-corrected chi connectivity index (χ1v) is 9.40. The summed E-state index contributed by atoms with van der Waals surface area (Å²) in [7, 11) is -1.62. The third kappa shape index (κ3) is 3.31. The van der Waals surface area contributed by atoms with Crippen molar-refractivity contribution in [3.05, 3.63) is 0 Å². The molecule has 1 rings (SSSR count). The van der Waals surface area contributed by atoms with Crippen LogP contribution in [-0.2, 0) is 4.43 Å². The van der Waals surface area contributed by atoms with E-state index in [1.165, 1.54) is 0 Å². The van der Waals surface area contributed by atoms with Crippen molar-refractivity contribution in [1.29, 1.82) is 0 Å².